The van der Waals surface area contributed by atoms with Gasteiger partial charge in [-0.25, -0.2) is 4.39 Å². The molecule has 1 unspecified atom stereocenters. The van der Waals surface area contributed by atoms with Gasteiger partial charge in [-0.15, -0.1) is 0 Å². The molecular formula is C14H20FIN2. The van der Waals surface area contributed by atoms with Crippen LogP contribution in [0.5, 0.6) is 0 Å². The van der Waals surface area contributed by atoms with Gasteiger partial charge < -0.3 is 11.1 Å². The average molecular weight is 362 g/mol. The van der Waals surface area contributed by atoms with Crippen molar-refractivity contribution < 1.29 is 4.39 Å². The highest BCUT2D eigenvalue weighted by Crippen LogP contribution is 2.37. The van der Waals surface area contributed by atoms with Crippen molar-refractivity contribution >= 4 is 34.0 Å². The van der Waals surface area contributed by atoms with Gasteiger partial charge in [0.1, 0.15) is 5.82 Å². The zero-order valence-corrected chi connectivity index (χ0v) is 13.1. The monoisotopic (exact) mass is 362 g/mol. The van der Waals surface area contributed by atoms with Crippen LogP contribution in [-0.2, 0) is 0 Å². The van der Waals surface area contributed by atoms with Crippen LogP contribution in [0.25, 0.3) is 0 Å². The van der Waals surface area contributed by atoms with E-state index in [0.717, 1.165) is 18.5 Å². The number of hydrogen-bond acceptors (Lipinski definition) is 2. The summed E-state index contributed by atoms with van der Waals surface area (Å²) in [6.45, 7) is 4.58. The second kappa shape index (κ2) is 5.23. The van der Waals surface area contributed by atoms with Crippen molar-refractivity contribution in [1.29, 1.82) is 0 Å². The van der Waals surface area contributed by atoms with Crippen LogP contribution < -0.4 is 11.1 Å². The predicted molar refractivity (Wildman–Crippen MR) is 83.2 cm³/mol. The third-order valence-electron chi connectivity index (χ3n) is 3.66. The molecule has 1 aromatic rings. The van der Waals surface area contributed by atoms with Crippen LogP contribution in [0.3, 0.4) is 0 Å². The van der Waals surface area contributed by atoms with E-state index in [0.29, 0.717) is 20.7 Å². The lowest BCUT2D eigenvalue weighted by atomic mass is 9.75. The second-order valence-corrected chi connectivity index (χ2v) is 7.12. The Hall–Kier alpha value is -0.520. The molecule has 1 fully saturated rings. The Balaban J connectivity index is 2.12. The van der Waals surface area contributed by atoms with Crippen LogP contribution in [-0.4, -0.2) is 6.04 Å². The maximum Gasteiger partial charge on any atom is 0.138 e. The van der Waals surface area contributed by atoms with Gasteiger partial charge in [0.2, 0.25) is 0 Å². The van der Waals surface area contributed by atoms with Gasteiger partial charge >= 0.3 is 0 Å². The predicted octanol–water partition coefficient (Wildman–Crippen LogP) is 4.39. The van der Waals surface area contributed by atoms with E-state index in [1.54, 1.807) is 6.07 Å². The Labute approximate surface area is 122 Å². The van der Waals surface area contributed by atoms with E-state index in [1.165, 1.54) is 18.9 Å². The summed E-state index contributed by atoms with van der Waals surface area (Å²) in [5.41, 5.74) is 7.67. The lowest BCUT2D eigenvalue weighted by Crippen LogP contribution is -2.32. The molecule has 18 heavy (non-hydrogen) atoms. The summed E-state index contributed by atoms with van der Waals surface area (Å²) in [5, 5.41) is 3.40. The lowest BCUT2D eigenvalue weighted by Gasteiger charge is -2.36. The van der Waals surface area contributed by atoms with E-state index in [4.69, 9.17) is 5.73 Å². The van der Waals surface area contributed by atoms with Crippen LogP contribution in [0.4, 0.5) is 15.8 Å². The first kappa shape index (κ1) is 13.9. The SMILES string of the molecule is CC1(C)CCCC(Nc2cc(F)c(I)cc2N)C1. The fraction of sp³-hybridized carbons (Fsp3) is 0.571. The minimum atomic E-state index is -0.206. The number of halogens is 2. The summed E-state index contributed by atoms with van der Waals surface area (Å²) in [6.07, 6.45) is 4.73. The Kier molecular flexibility index (Phi) is 4.04. The van der Waals surface area contributed by atoms with Gasteiger partial charge in [-0.05, 0) is 53.3 Å². The van der Waals surface area contributed by atoms with Crippen molar-refractivity contribution in [3.63, 3.8) is 0 Å². The van der Waals surface area contributed by atoms with E-state index in [9.17, 15) is 4.39 Å². The number of nitrogen functional groups attached to an aromatic ring is 1. The topological polar surface area (TPSA) is 38.0 Å². The highest BCUT2D eigenvalue weighted by atomic mass is 127. The van der Waals surface area contributed by atoms with E-state index in [2.05, 4.69) is 19.2 Å². The summed E-state index contributed by atoms with van der Waals surface area (Å²) in [5.74, 6) is -0.206. The number of benzene rings is 1. The van der Waals surface area contributed by atoms with Crippen molar-refractivity contribution in [2.24, 2.45) is 5.41 Å². The second-order valence-electron chi connectivity index (χ2n) is 5.96. The number of nitrogens with one attached hydrogen (secondary N) is 1. The molecule has 0 spiro atoms. The summed E-state index contributed by atoms with van der Waals surface area (Å²) in [7, 11) is 0. The van der Waals surface area contributed by atoms with Crippen LogP contribution in [0, 0.1) is 14.8 Å². The van der Waals surface area contributed by atoms with E-state index in [1.807, 2.05) is 22.6 Å². The molecule has 2 nitrogen and oxygen atoms in total. The van der Waals surface area contributed by atoms with E-state index >= 15 is 0 Å². The Morgan fingerprint density at radius 3 is 2.83 bits per heavy atom. The van der Waals surface area contributed by atoms with Gasteiger partial charge in [0, 0.05) is 12.1 Å². The number of nitrogens with two attached hydrogens (primary N) is 1. The Morgan fingerprint density at radius 2 is 2.17 bits per heavy atom. The molecule has 0 saturated heterocycles. The molecule has 0 radical (unpaired) electrons. The molecule has 1 atom stereocenters. The van der Waals surface area contributed by atoms with Gasteiger partial charge in [0.25, 0.3) is 0 Å². The minimum Gasteiger partial charge on any atom is -0.397 e. The van der Waals surface area contributed by atoms with Gasteiger partial charge in [-0.1, -0.05) is 20.3 Å². The molecule has 1 saturated carbocycles. The molecule has 0 bridgehead atoms. The zero-order chi connectivity index (χ0) is 13.3. The number of hydrogen-bond donors (Lipinski definition) is 2. The van der Waals surface area contributed by atoms with Crippen LogP contribution >= 0.6 is 22.6 Å². The first-order valence-electron chi connectivity index (χ1n) is 6.38. The lowest BCUT2D eigenvalue weighted by molar-refractivity contribution is 0.229. The molecule has 0 amide bonds. The summed E-state index contributed by atoms with van der Waals surface area (Å²) < 4.78 is 14.1. The molecule has 2 rings (SSSR count). The fourth-order valence-electron chi connectivity index (χ4n) is 2.73. The van der Waals surface area contributed by atoms with Gasteiger partial charge in [0.05, 0.1) is 14.9 Å². The molecule has 4 heteroatoms. The molecule has 0 aliphatic heterocycles. The largest absolute Gasteiger partial charge is 0.397 e. The van der Waals surface area contributed by atoms with Crippen LogP contribution in [0.15, 0.2) is 12.1 Å². The molecule has 1 aliphatic rings. The maximum absolute atomic E-state index is 13.6. The van der Waals surface area contributed by atoms with E-state index < -0.39 is 0 Å². The van der Waals surface area contributed by atoms with Crippen molar-refractivity contribution in [2.45, 2.75) is 45.6 Å². The molecule has 0 aromatic heterocycles. The van der Waals surface area contributed by atoms with Crippen molar-refractivity contribution in [3.05, 3.63) is 21.5 Å². The summed E-state index contributed by atoms with van der Waals surface area (Å²) >= 11 is 1.96. The summed E-state index contributed by atoms with van der Waals surface area (Å²) in [6, 6.07) is 3.60. The minimum absolute atomic E-state index is 0.206. The number of anilines is 2. The van der Waals surface area contributed by atoms with Crippen molar-refractivity contribution in [1.82, 2.24) is 0 Å². The Morgan fingerprint density at radius 1 is 1.44 bits per heavy atom. The fourth-order valence-corrected chi connectivity index (χ4v) is 3.22. The van der Waals surface area contributed by atoms with Crippen LogP contribution in [0.2, 0.25) is 0 Å². The highest BCUT2D eigenvalue weighted by molar-refractivity contribution is 14.1. The first-order valence-corrected chi connectivity index (χ1v) is 7.46. The summed E-state index contributed by atoms with van der Waals surface area (Å²) in [4.78, 5) is 0. The standard InChI is InChI=1S/C14H20FIN2/c1-14(2)5-3-4-9(8-14)18-13-6-10(15)11(16)7-12(13)17/h6-7,9,18H,3-5,8,17H2,1-2H3. The molecule has 1 aliphatic carbocycles. The molecule has 0 heterocycles. The van der Waals surface area contributed by atoms with Gasteiger partial charge in [-0.2, -0.15) is 0 Å². The number of rotatable bonds is 2. The zero-order valence-electron chi connectivity index (χ0n) is 10.9. The van der Waals surface area contributed by atoms with Crippen molar-refractivity contribution in [3.8, 4) is 0 Å². The molecule has 3 N–H and O–H groups in total. The highest BCUT2D eigenvalue weighted by Gasteiger charge is 2.28. The molecule has 100 valence electrons. The van der Waals surface area contributed by atoms with Crippen molar-refractivity contribution in [2.75, 3.05) is 11.1 Å². The molecule has 1 aromatic carbocycles. The quantitative estimate of drug-likeness (QED) is 0.605. The Bertz CT molecular complexity index is 446. The third-order valence-corrected chi connectivity index (χ3v) is 4.48. The normalized spacial score (nSPS) is 22.8. The third kappa shape index (κ3) is 3.28. The van der Waals surface area contributed by atoms with Crippen LogP contribution in [0.1, 0.15) is 39.5 Å². The van der Waals surface area contributed by atoms with E-state index in [-0.39, 0.29) is 5.82 Å². The van der Waals surface area contributed by atoms with Gasteiger partial charge in [0.15, 0.2) is 0 Å². The first-order chi connectivity index (χ1) is 8.37. The molecular weight excluding hydrogens is 342 g/mol. The average Bonchev–Trinajstić information content (AvgIpc) is 2.24. The smallest absolute Gasteiger partial charge is 0.138 e. The maximum atomic E-state index is 13.6. The van der Waals surface area contributed by atoms with Gasteiger partial charge in [-0.3, -0.25) is 0 Å².